The molecule has 150 valence electrons. The summed E-state index contributed by atoms with van der Waals surface area (Å²) in [5, 5.41) is 31.8. The first kappa shape index (κ1) is 21.4. The van der Waals surface area contributed by atoms with Gasteiger partial charge in [-0.2, -0.15) is 0 Å². The molecule has 0 unspecified atom stereocenters. The Morgan fingerprint density at radius 3 is 2.50 bits per heavy atom. The van der Waals surface area contributed by atoms with Gasteiger partial charge in [-0.25, -0.2) is 0 Å². The van der Waals surface area contributed by atoms with E-state index in [0.717, 1.165) is 18.4 Å². The van der Waals surface area contributed by atoms with Crippen molar-refractivity contribution in [2.45, 2.75) is 91.0 Å². The largest absolute Gasteiger partial charge is 0.469 e. The summed E-state index contributed by atoms with van der Waals surface area (Å²) >= 11 is 0. The van der Waals surface area contributed by atoms with Gasteiger partial charge in [0.1, 0.15) is 0 Å². The quantitative estimate of drug-likeness (QED) is 0.513. The Labute approximate surface area is 157 Å². The Kier molecular flexibility index (Phi) is 5.96. The summed E-state index contributed by atoms with van der Waals surface area (Å²) in [4.78, 5) is 11.5. The van der Waals surface area contributed by atoms with E-state index in [1.165, 1.54) is 12.7 Å². The van der Waals surface area contributed by atoms with Crippen LogP contribution in [0.1, 0.15) is 73.1 Å². The molecule has 1 fully saturated rings. The van der Waals surface area contributed by atoms with E-state index >= 15 is 0 Å². The summed E-state index contributed by atoms with van der Waals surface area (Å²) in [5.74, 6) is -0.242. The molecular weight excluding hydrogens is 332 g/mol. The Hall–Kier alpha value is -0.910. The smallest absolute Gasteiger partial charge is 0.308 e. The number of esters is 1. The molecule has 2 aliphatic rings. The van der Waals surface area contributed by atoms with E-state index in [1.807, 2.05) is 6.92 Å². The number of hydrogen-bond acceptors (Lipinski definition) is 5. The zero-order valence-electron chi connectivity index (χ0n) is 17.1. The minimum Gasteiger partial charge on any atom is -0.469 e. The van der Waals surface area contributed by atoms with Crippen LogP contribution in [0.3, 0.4) is 0 Å². The van der Waals surface area contributed by atoms with Crippen LogP contribution in [-0.2, 0) is 9.53 Å². The van der Waals surface area contributed by atoms with E-state index < -0.39 is 17.7 Å². The second kappa shape index (κ2) is 7.25. The third-order valence-corrected chi connectivity index (χ3v) is 7.25. The van der Waals surface area contributed by atoms with Crippen molar-refractivity contribution in [1.82, 2.24) is 0 Å². The van der Waals surface area contributed by atoms with E-state index in [-0.39, 0.29) is 29.3 Å². The standard InChI is InChI=1S/C21H36O5/c1-13-14(7-9-20(4,25)12-18(24)26-6)21(5)10-8-17(23)19(2,3)16(21)11-15(13)22/h15-17,22-23,25H,7-12H2,1-6H3/t15-,16-,17-,20-,21+/m1/s1. The predicted molar refractivity (Wildman–Crippen MR) is 100 cm³/mol. The Bertz CT molecular complexity index is 577. The van der Waals surface area contributed by atoms with E-state index in [4.69, 9.17) is 0 Å². The molecule has 0 bridgehead atoms. The van der Waals surface area contributed by atoms with E-state index in [9.17, 15) is 20.1 Å². The number of hydrogen-bond donors (Lipinski definition) is 3. The lowest BCUT2D eigenvalue weighted by Crippen LogP contribution is -2.54. The maximum atomic E-state index is 11.5. The van der Waals surface area contributed by atoms with Crippen LogP contribution in [0.15, 0.2) is 11.1 Å². The number of rotatable bonds is 5. The summed E-state index contributed by atoms with van der Waals surface area (Å²) in [7, 11) is 1.32. The van der Waals surface area contributed by atoms with Crippen molar-refractivity contribution in [3.05, 3.63) is 11.1 Å². The molecule has 0 aromatic heterocycles. The first-order valence-electron chi connectivity index (χ1n) is 9.70. The van der Waals surface area contributed by atoms with Gasteiger partial charge in [0.2, 0.25) is 0 Å². The molecule has 3 N–H and O–H groups in total. The number of aliphatic hydroxyl groups excluding tert-OH is 2. The molecule has 2 aliphatic carbocycles. The summed E-state index contributed by atoms with van der Waals surface area (Å²) in [6, 6.07) is 0. The normalized spacial score (nSPS) is 36.3. The van der Waals surface area contributed by atoms with Crippen molar-refractivity contribution in [3.8, 4) is 0 Å². The Balaban J connectivity index is 2.28. The van der Waals surface area contributed by atoms with Crippen LogP contribution in [0.4, 0.5) is 0 Å². The molecule has 0 heterocycles. The molecule has 1 saturated carbocycles. The topological polar surface area (TPSA) is 87.0 Å². The number of aliphatic hydroxyl groups is 3. The van der Waals surface area contributed by atoms with Gasteiger partial charge in [0.05, 0.1) is 31.3 Å². The summed E-state index contributed by atoms with van der Waals surface area (Å²) in [5.41, 5.74) is 0.663. The maximum Gasteiger partial charge on any atom is 0.308 e. The average molecular weight is 369 g/mol. The molecular formula is C21H36O5. The van der Waals surface area contributed by atoms with E-state index in [2.05, 4.69) is 25.5 Å². The molecule has 0 aromatic rings. The van der Waals surface area contributed by atoms with Gasteiger partial charge in [0.15, 0.2) is 0 Å². The van der Waals surface area contributed by atoms with Crippen LogP contribution >= 0.6 is 0 Å². The van der Waals surface area contributed by atoms with Gasteiger partial charge in [0, 0.05) is 0 Å². The molecule has 0 aliphatic heterocycles. The monoisotopic (exact) mass is 368 g/mol. The van der Waals surface area contributed by atoms with Crippen LogP contribution in [0, 0.1) is 16.7 Å². The number of allylic oxidation sites excluding steroid dienone is 1. The lowest BCUT2D eigenvalue weighted by Gasteiger charge is -2.58. The molecule has 0 amide bonds. The fourth-order valence-corrected chi connectivity index (χ4v) is 5.36. The van der Waals surface area contributed by atoms with E-state index in [0.29, 0.717) is 19.3 Å². The number of methoxy groups -OCH3 is 1. The van der Waals surface area contributed by atoms with Gasteiger partial charge in [-0.05, 0) is 68.3 Å². The average Bonchev–Trinajstić information content (AvgIpc) is 2.54. The highest BCUT2D eigenvalue weighted by Crippen LogP contribution is 2.60. The van der Waals surface area contributed by atoms with Crippen molar-refractivity contribution in [2.24, 2.45) is 16.7 Å². The second-order valence-corrected chi connectivity index (χ2v) is 9.51. The first-order valence-corrected chi connectivity index (χ1v) is 9.70. The fourth-order valence-electron chi connectivity index (χ4n) is 5.36. The van der Waals surface area contributed by atoms with Crippen molar-refractivity contribution in [2.75, 3.05) is 7.11 Å². The lowest BCUT2D eigenvalue weighted by molar-refractivity contribution is -0.145. The number of fused-ring (bicyclic) bond motifs is 1. The third-order valence-electron chi connectivity index (χ3n) is 7.25. The fraction of sp³-hybridized carbons (Fsp3) is 0.857. The predicted octanol–water partition coefficient (Wildman–Crippen LogP) is 2.97. The zero-order valence-corrected chi connectivity index (χ0v) is 17.1. The highest BCUT2D eigenvalue weighted by molar-refractivity contribution is 5.70. The molecule has 26 heavy (non-hydrogen) atoms. The lowest BCUT2D eigenvalue weighted by atomic mass is 9.48. The second-order valence-electron chi connectivity index (χ2n) is 9.51. The van der Waals surface area contributed by atoms with Crippen LogP contribution < -0.4 is 0 Å². The molecule has 2 rings (SSSR count). The van der Waals surface area contributed by atoms with Gasteiger partial charge >= 0.3 is 5.97 Å². The van der Waals surface area contributed by atoms with Gasteiger partial charge in [-0.15, -0.1) is 0 Å². The van der Waals surface area contributed by atoms with Gasteiger partial charge in [0.25, 0.3) is 0 Å². The molecule has 5 atom stereocenters. The van der Waals surface area contributed by atoms with Gasteiger partial charge in [-0.3, -0.25) is 4.79 Å². The molecule has 0 radical (unpaired) electrons. The molecule has 5 heteroatoms. The summed E-state index contributed by atoms with van der Waals surface area (Å²) in [6.07, 6.45) is 2.43. The third kappa shape index (κ3) is 3.85. The minimum absolute atomic E-state index is 0.0390. The highest BCUT2D eigenvalue weighted by Gasteiger charge is 2.55. The van der Waals surface area contributed by atoms with Crippen LogP contribution in [-0.4, -0.2) is 46.2 Å². The number of carbonyl (C=O) groups is 1. The van der Waals surface area contributed by atoms with Crippen molar-refractivity contribution < 1.29 is 24.9 Å². The SMILES string of the molecule is COC(=O)C[C@](C)(O)CCC1=C(C)[C@H](O)C[C@@H]2C(C)(C)[C@H](O)CC[C@@]12C. The minimum atomic E-state index is -1.14. The van der Waals surface area contributed by atoms with Crippen molar-refractivity contribution in [3.63, 3.8) is 0 Å². The molecule has 0 saturated heterocycles. The summed E-state index contributed by atoms with van der Waals surface area (Å²) < 4.78 is 4.68. The highest BCUT2D eigenvalue weighted by atomic mass is 16.5. The molecule has 0 spiro atoms. The van der Waals surface area contributed by atoms with Gasteiger partial charge < -0.3 is 20.1 Å². The molecule has 5 nitrogen and oxygen atoms in total. The first-order chi connectivity index (χ1) is 11.8. The van der Waals surface area contributed by atoms with Crippen LogP contribution in [0.2, 0.25) is 0 Å². The van der Waals surface area contributed by atoms with Gasteiger partial charge in [-0.1, -0.05) is 26.3 Å². The molecule has 0 aromatic carbocycles. The van der Waals surface area contributed by atoms with Crippen molar-refractivity contribution >= 4 is 5.97 Å². The maximum absolute atomic E-state index is 11.5. The van der Waals surface area contributed by atoms with Crippen molar-refractivity contribution in [1.29, 1.82) is 0 Å². The Morgan fingerprint density at radius 2 is 1.92 bits per heavy atom. The van der Waals surface area contributed by atoms with Crippen LogP contribution in [0.25, 0.3) is 0 Å². The Morgan fingerprint density at radius 1 is 1.31 bits per heavy atom. The van der Waals surface area contributed by atoms with Crippen LogP contribution in [0.5, 0.6) is 0 Å². The number of ether oxygens (including phenoxy) is 1. The van der Waals surface area contributed by atoms with E-state index in [1.54, 1.807) is 6.92 Å². The zero-order chi connectivity index (χ0) is 19.9. The summed E-state index contributed by atoms with van der Waals surface area (Å²) in [6.45, 7) is 10.1. The number of carbonyl (C=O) groups excluding carboxylic acids is 1.